The number of hydrogen-bond acceptors (Lipinski definition) is 7. The van der Waals surface area contributed by atoms with Crippen molar-refractivity contribution in [2.45, 2.75) is 31.8 Å². The number of pyridine rings is 1. The highest BCUT2D eigenvalue weighted by Gasteiger charge is 2.26. The summed E-state index contributed by atoms with van der Waals surface area (Å²) in [6.45, 7) is 1.92. The third kappa shape index (κ3) is 4.15. The van der Waals surface area contributed by atoms with E-state index in [0.717, 1.165) is 41.7 Å². The highest BCUT2D eigenvalue weighted by Crippen LogP contribution is 2.34. The number of hydrogen-bond donors (Lipinski definition) is 1. The lowest BCUT2D eigenvalue weighted by molar-refractivity contribution is 0.136. The number of nitrogens with one attached hydrogen (secondary N) is 1. The fraction of sp³-hybridized carbons (Fsp3) is 0.368. The molecule has 1 N–H and O–H groups in total. The maximum Gasteiger partial charge on any atom is 0.187 e. The van der Waals surface area contributed by atoms with Crippen molar-refractivity contribution in [1.82, 2.24) is 24.6 Å². The predicted molar refractivity (Wildman–Crippen MR) is 105 cm³/mol. The van der Waals surface area contributed by atoms with E-state index in [0.29, 0.717) is 11.7 Å². The van der Waals surface area contributed by atoms with Gasteiger partial charge in [0.15, 0.2) is 5.13 Å². The zero-order valence-corrected chi connectivity index (χ0v) is 16.0. The Morgan fingerprint density at radius 3 is 3.00 bits per heavy atom. The fourth-order valence-corrected chi connectivity index (χ4v) is 4.20. The van der Waals surface area contributed by atoms with E-state index in [4.69, 9.17) is 10.2 Å². The van der Waals surface area contributed by atoms with E-state index in [-0.39, 0.29) is 0 Å². The van der Waals surface area contributed by atoms with E-state index >= 15 is 0 Å². The van der Waals surface area contributed by atoms with E-state index in [1.54, 1.807) is 23.6 Å². The fourth-order valence-electron chi connectivity index (χ4n) is 3.42. The smallest absolute Gasteiger partial charge is 0.187 e. The second kappa shape index (κ2) is 7.86. The number of piperidine rings is 1. The molecule has 1 fully saturated rings. The molecule has 27 heavy (non-hydrogen) atoms. The van der Waals surface area contributed by atoms with Gasteiger partial charge in [-0.15, -0.1) is 11.3 Å². The van der Waals surface area contributed by atoms with Crippen LogP contribution in [0.1, 0.15) is 42.4 Å². The maximum atomic E-state index is 8.84. The van der Waals surface area contributed by atoms with E-state index < -0.39 is 0 Å². The zero-order valence-electron chi connectivity index (χ0n) is 15.2. The lowest BCUT2D eigenvalue weighted by Gasteiger charge is -2.34. The molecule has 0 radical (unpaired) electrons. The Bertz CT molecular complexity index is 938. The minimum atomic E-state index is 0.326. The standard InChI is InChI=1S/C19H21N7S/c1-25-9-7-16(24-25)12-26-8-3-2-4-18(26)17-13-27-19(23-17)22-15-6-5-14(10-20)21-11-15/h5-7,9,11,13,18H,2-4,8,12H2,1H3,(H,22,23)/t18-/m1/s1. The first kappa shape index (κ1) is 17.6. The van der Waals surface area contributed by atoms with Crippen LogP contribution in [0.15, 0.2) is 36.0 Å². The SMILES string of the molecule is Cn1ccc(CN2CCCC[C@@H]2c2csc(Nc3ccc(C#N)nc3)n2)n1. The summed E-state index contributed by atoms with van der Waals surface area (Å²) in [5.74, 6) is 0. The molecule has 0 spiro atoms. The minimum absolute atomic E-state index is 0.326. The third-order valence-corrected chi connectivity index (χ3v) is 5.52. The summed E-state index contributed by atoms with van der Waals surface area (Å²) >= 11 is 1.60. The molecule has 0 bridgehead atoms. The van der Waals surface area contributed by atoms with Gasteiger partial charge in [-0.2, -0.15) is 10.4 Å². The molecule has 1 aliphatic rings. The number of anilines is 2. The van der Waals surface area contributed by atoms with Crippen LogP contribution in [-0.2, 0) is 13.6 Å². The molecule has 0 aliphatic carbocycles. The molecule has 0 aromatic carbocycles. The summed E-state index contributed by atoms with van der Waals surface area (Å²) in [7, 11) is 1.95. The monoisotopic (exact) mass is 379 g/mol. The summed E-state index contributed by atoms with van der Waals surface area (Å²) in [6, 6.07) is 7.98. The van der Waals surface area contributed by atoms with E-state index in [2.05, 4.69) is 31.7 Å². The summed E-state index contributed by atoms with van der Waals surface area (Å²) in [5.41, 5.74) is 3.46. The van der Waals surface area contributed by atoms with Crippen LogP contribution in [0.25, 0.3) is 0 Å². The Labute approximate surface area is 162 Å². The second-order valence-electron chi connectivity index (χ2n) is 6.71. The average Bonchev–Trinajstić information content (AvgIpc) is 3.32. The molecule has 0 saturated carbocycles. The topological polar surface area (TPSA) is 82.7 Å². The van der Waals surface area contributed by atoms with Crippen LogP contribution < -0.4 is 5.32 Å². The number of nitrogens with zero attached hydrogens (tertiary/aromatic N) is 6. The van der Waals surface area contributed by atoms with Gasteiger partial charge in [-0.1, -0.05) is 6.42 Å². The molecule has 1 atom stereocenters. The van der Waals surface area contributed by atoms with Gasteiger partial charge in [0.25, 0.3) is 0 Å². The first-order chi connectivity index (χ1) is 13.2. The van der Waals surface area contributed by atoms with E-state index in [1.807, 2.05) is 30.1 Å². The molecule has 3 aromatic heterocycles. The van der Waals surface area contributed by atoms with Crippen LogP contribution >= 0.6 is 11.3 Å². The van der Waals surface area contributed by atoms with Crippen molar-refractivity contribution in [3.8, 4) is 6.07 Å². The van der Waals surface area contributed by atoms with Crippen LogP contribution in [-0.4, -0.2) is 31.2 Å². The molecule has 8 heteroatoms. The summed E-state index contributed by atoms with van der Waals surface area (Å²) in [6.07, 6.45) is 7.21. The lowest BCUT2D eigenvalue weighted by Crippen LogP contribution is -2.33. The summed E-state index contributed by atoms with van der Waals surface area (Å²) in [4.78, 5) is 11.4. The zero-order chi connectivity index (χ0) is 18.6. The van der Waals surface area contributed by atoms with Gasteiger partial charge in [0.1, 0.15) is 11.8 Å². The van der Waals surface area contributed by atoms with E-state index in [1.165, 1.54) is 12.8 Å². The third-order valence-electron chi connectivity index (χ3n) is 4.74. The number of likely N-dealkylation sites (tertiary alicyclic amines) is 1. The Hall–Kier alpha value is -2.76. The molecular weight excluding hydrogens is 358 g/mol. The van der Waals surface area contributed by atoms with Crippen LogP contribution in [0, 0.1) is 11.3 Å². The maximum absolute atomic E-state index is 8.84. The van der Waals surface area contributed by atoms with Gasteiger partial charge in [0.05, 0.1) is 29.3 Å². The highest BCUT2D eigenvalue weighted by atomic mass is 32.1. The summed E-state index contributed by atoms with van der Waals surface area (Å²) < 4.78 is 1.85. The number of thiazole rings is 1. The average molecular weight is 379 g/mol. The predicted octanol–water partition coefficient (Wildman–Crippen LogP) is 3.61. The van der Waals surface area contributed by atoms with Gasteiger partial charge in [0, 0.05) is 25.2 Å². The summed E-state index contributed by atoms with van der Waals surface area (Å²) in [5, 5.41) is 19.6. The van der Waals surface area contributed by atoms with Gasteiger partial charge < -0.3 is 5.32 Å². The van der Waals surface area contributed by atoms with Gasteiger partial charge in [0.2, 0.25) is 0 Å². The number of aromatic nitrogens is 4. The van der Waals surface area contributed by atoms with Crippen molar-refractivity contribution in [2.24, 2.45) is 7.05 Å². The first-order valence-corrected chi connectivity index (χ1v) is 9.90. The number of nitriles is 1. The molecule has 0 amide bonds. The Morgan fingerprint density at radius 1 is 1.33 bits per heavy atom. The van der Waals surface area contributed by atoms with Crippen molar-refractivity contribution >= 4 is 22.2 Å². The Morgan fingerprint density at radius 2 is 2.26 bits per heavy atom. The minimum Gasteiger partial charge on any atom is -0.330 e. The highest BCUT2D eigenvalue weighted by molar-refractivity contribution is 7.13. The van der Waals surface area contributed by atoms with Gasteiger partial charge in [-0.25, -0.2) is 9.97 Å². The molecule has 3 aromatic rings. The molecule has 0 unspecified atom stereocenters. The van der Waals surface area contributed by atoms with Crippen molar-refractivity contribution in [1.29, 1.82) is 5.26 Å². The number of aryl methyl sites for hydroxylation is 1. The quantitative estimate of drug-likeness (QED) is 0.729. The van der Waals surface area contributed by atoms with Crippen molar-refractivity contribution in [2.75, 3.05) is 11.9 Å². The van der Waals surface area contributed by atoms with Crippen LogP contribution in [0.3, 0.4) is 0 Å². The van der Waals surface area contributed by atoms with Crippen LogP contribution in [0.4, 0.5) is 10.8 Å². The molecular formula is C19H21N7S. The number of rotatable bonds is 5. The van der Waals surface area contributed by atoms with Crippen molar-refractivity contribution in [3.05, 3.63) is 53.1 Å². The van der Waals surface area contributed by atoms with Crippen LogP contribution in [0.2, 0.25) is 0 Å². The molecule has 1 saturated heterocycles. The molecule has 4 rings (SSSR count). The van der Waals surface area contributed by atoms with Crippen molar-refractivity contribution < 1.29 is 0 Å². The molecule has 7 nitrogen and oxygen atoms in total. The van der Waals surface area contributed by atoms with Crippen LogP contribution in [0.5, 0.6) is 0 Å². The molecule has 138 valence electrons. The van der Waals surface area contributed by atoms with E-state index in [9.17, 15) is 0 Å². The normalized spacial score (nSPS) is 17.6. The second-order valence-corrected chi connectivity index (χ2v) is 7.57. The first-order valence-electron chi connectivity index (χ1n) is 9.02. The van der Waals surface area contributed by atoms with Crippen molar-refractivity contribution in [3.63, 3.8) is 0 Å². The molecule has 4 heterocycles. The Kier molecular flexibility index (Phi) is 5.14. The van der Waals surface area contributed by atoms with Gasteiger partial charge >= 0.3 is 0 Å². The lowest BCUT2D eigenvalue weighted by atomic mass is 10.00. The van der Waals surface area contributed by atoms with Gasteiger partial charge in [-0.3, -0.25) is 9.58 Å². The molecule has 1 aliphatic heterocycles. The Balaban J connectivity index is 1.47. The largest absolute Gasteiger partial charge is 0.330 e. The van der Waals surface area contributed by atoms with Gasteiger partial charge in [-0.05, 0) is 37.6 Å².